The van der Waals surface area contributed by atoms with Crippen molar-refractivity contribution >= 4 is 41.0 Å². The van der Waals surface area contributed by atoms with Gasteiger partial charge in [-0.2, -0.15) is 0 Å². The van der Waals surface area contributed by atoms with Crippen LogP contribution in [-0.4, -0.2) is 23.0 Å². The molecule has 7 nitrogen and oxygen atoms in total. The smallest absolute Gasteiger partial charge is 0.319 e. The highest BCUT2D eigenvalue weighted by atomic mass is 32.2. The number of anilines is 2. The number of urea groups is 1. The lowest BCUT2D eigenvalue weighted by Crippen LogP contribution is -2.28. The van der Waals surface area contributed by atoms with Gasteiger partial charge in [-0.05, 0) is 59.7 Å². The molecule has 0 fully saturated rings. The van der Waals surface area contributed by atoms with Crippen LogP contribution in [0.3, 0.4) is 0 Å². The first-order valence-corrected chi connectivity index (χ1v) is 12.9. The first kappa shape index (κ1) is 26.5. The summed E-state index contributed by atoms with van der Waals surface area (Å²) < 4.78 is 0. The minimum atomic E-state index is -0.857. The molecule has 192 valence electrons. The van der Waals surface area contributed by atoms with Gasteiger partial charge in [0.2, 0.25) is 0 Å². The Labute approximate surface area is 225 Å². The molecule has 4 rings (SSSR count). The van der Waals surface area contributed by atoms with E-state index in [1.54, 1.807) is 36.4 Å². The van der Waals surface area contributed by atoms with Gasteiger partial charge in [-0.25, -0.2) is 4.79 Å². The molecule has 4 aromatic carbocycles. The number of aliphatic carboxylic acids is 1. The highest BCUT2D eigenvalue weighted by Crippen LogP contribution is 2.38. The van der Waals surface area contributed by atoms with Crippen molar-refractivity contribution in [3.8, 4) is 0 Å². The summed E-state index contributed by atoms with van der Waals surface area (Å²) in [6.07, 6.45) is 0.00665. The Morgan fingerprint density at radius 1 is 0.711 bits per heavy atom. The van der Waals surface area contributed by atoms with Crippen LogP contribution < -0.4 is 16.0 Å². The molecule has 38 heavy (non-hydrogen) atoms. The van der Waals surface area contributed by atoms with Crippen molar-refractivity contribution in [1.29, 1.82) is 0 Å². The van der Waals surface area contributed by atoms with Crippen molar-refractivity contribution in [2.45, 2.75) is 23.1 Å². The molecule has 1 atom stereocenters. The number of rotatable bonds is 10. The van der Waals surface area contributed by atoms with E-state index >= 15 is 0 Å². The van der Waals surface area contributed by atoms with Gasteiger partial charge in [0.25, 0.3) is 5.91 Å². The number of carbonyl (C=O) groups is 3. The van der Waals surface area contributed by atoms with Gasteiger partial charge in [-0.1, -0.05) is 60.7 Å². The van der Waals surface area contributed by atoms with Crippen LogP contribution in [0.2, 0.25) is 0 Å². The lowest BCUT2D eigenvalue weighted by molar-refractivity contribution is -0.137. The molecule has 0 aliphatic carbocycles. The Kier molecular flexibility index (Phi) is 9.15. The van der Waals surface area contributed by atoms with Crippen molar-refractivity contribution in [3.05, 3.63) is 126 Å². The minimum absolute atomic E-state index is 0.00665. The summed E-state index contributed by atoms with van der Waals surface area (Å²) in [6, 6.07) is 32.7. The number of nitrogens with one attached hydrogen (secondary N) is 3. The van der Waals surface area contributed by atoms with Crippen LogP contribution >= 0.6 is 11.8 Å². The van der Waals surface area contributed by atoms with E-state index in [0.29, 0.717) is 23.5 Å². The zero-order valence-corrected chi connectivity index (χ0v) is 21.3. The zero-order chi connectivity index (χ0) is 26.7. The Balaban J connectivity index is 1.30. The molecule has 0 spiro atoms. The molecule has 4 aromatic rings. The lowest BCUT2D eigenvalue weighted by atomic mass is 10.1. The molecule has 0 saturated carbocycles. The summed E-state index contributed by atoms with van der Waals surface area (Å²) in [5, 5.41) is 17.5. The van der Waals surface area contributed by atoms with Crippen LogP contribution in [0, 0.1) is 0 Å². The highest BCUT2D eigenvalue weighted by Gasteiger charge is 2.17. The summed E-state index contributed by atoms with van der Waals surface area (Å²) >= 11 is 1.47. The van der Waals surface area contributed by atoms with Gasteiger partial charge in [0.15, 0.2) is 0 Å². The predicted molar refractivity (Wildman–Crippen MR) is 150 cm³/mol. The molecule has 8 heteroatoms. The second kappa shape index (κ2) is 13.1. The third-order valence-electron chi connectivity index (χ3n) is 5.62. The van der Waals surface area contributed by atoms with Gasteiger partial charge in [-0.15, -0.1) is 11.8 Å². The van der Waals surface area contributed by atoms with Crippen LogP contribution in [-0.2, 0) is 11.3 Å². The Morgan fingerprint density at radius 2 is 1.29 bits per heavy atom. The Bertz CT molecular complexity index is 1360. The van der Waals surface area contributed by atoms with E-state index in [0.717, 1.165) is 16.0 Å². The minimum Gasteiger partial charge on any atom is -0.481 e. The molecule has 0 bridgehead atoms. The van der Waals surface area contributed by atoms with Crippen LogP contribution in [0.25, 0.3) is 0 Å². The summed E-state index contributed by atoms with van der Waals surface area (Å²) in [5.74, 6) is -1.14. The van der Waals surface area contributed by atoms with Gasteiger partial charge in [0, 0.05) is 33.6 Å². The van der Waals surface area contributed by atoms with Gasteiger partial charge < -0.3 is 21.1 Å². The fourth-order valence-corrected chi connectivity index (χ4v) is 4.84. The molecule has 3 amide bonds. The second-order valence-electron chi connectivity index (χ2n) is 8.46. The average molecular weight is 526 g/mol. The first-order chi connectivity index (χ1) is 18.5. The molecule has 0 aliphatic heterocycles. The fourth-order valence-electron chi connectivity index (χ4n) is 3.70. The molecule has 4 N–H and O–H groups in total. The maximum absolute atomic E-state index is 12.7. The summed E-state index contributed by atoms with van der Waals surface area (Å²) in [4.78, 5) is 37.1. The predicted octanol–water partition coefficient (Wildman–Crippen LogP) is 6.57. The normalized spacial score (nSPS) is 11.3. The monoisotopic (exact) mass is 525 g/mol. The number of amides is 3. The van der Waals surface area contributed by atoms with E-state index in [9.17, 15) is 19.5 Å². The number of carboxylic acids is 1. The SMILES string of the molecule is O=C(O)CC(Sc1ccc(NC(=O)c2ccc(NC(=O)NCc3ccccc3)cc2)cc1)c1ccccc1. The zero-order valence-electron chi connectivity index (χ0n) is 20.5. The van der Waals surface area contributed by atoms with Crippen LogP contribution in [0.5, 0.6) is 0 Å². The topological polar surface area (TPSA) is 108 Å². The molecular weight excluding hydrogens is 498 g/mol. The molecule has 1 unspecified atom stereocenters. The van der Waals surface area contributed by atoms with Gasteiger partial charge in [0.1, 0.15) is 0 Å². The summed E-state index contributed by atoms with van der Waals surface area (Å²) in [5.41, 5.74) is 3.59. The third kappa shape index (κ3) is 7.97. The maximum Gasteiger partial charge on any atom is 0.319 e. The van der Waals surface area contributed by atoms with Crippen molar-refractivity contribution in [2.24, 2.45) is 0 Å². The van der Waals surface area contributed by atoms with E-state index in [-0.39, 0.29) is 23.6 Å². The molecular formula is C30H27N3O4S. The lowest BCUT2D eigenvalue weighted by Gasteiger charge is -2.15. The molecule has 0 aromatic heterocycles. The van der Waals surface area contributed by atoms with Crippen molar-refractivity contribution in [2.75, 3.05) is 10.6 Å². The highest BCUT2D eigenvalue weighted by molar-refractivity contribution is 7.99. The number of benzene rings is 4. The third-order valence-corrected chi connectivity index (χ3v) is 6.89. The van der Waals surface area contributed by atoms with E-state index in [2.05, 4.69) is 16.0 Å². The molecule has 0 radical (unpaired) electrons. The van der Waals surface area contributed by atoms with Crippen molar-refractivity contribution in [3.63, 3.8) is 0 Å². The van der Waals surface area contributed by atoms with Crippen LogP contribution in [0.15, 0.2) is 114 Å². The van der Waals surface area contributed by atoms with Gasteiger partial charge in [-0.3, -0.25) is 9.59 Å². The maximum atomic E-state index is 12.7. The summed E-state index contributed by atoms with van der Waals surface area (Å²) in [7, 11) is 0. The number of carbonyl (C=O) groups excluding carboxylic acids is 2. The van der Waals surface area contributed by atoms with E-state index < -0.39 is 5.97 Å². The van der Waals surface area contributed by atoms with Crippen molar-refractivity contribution in [1.82, 2.24) is 5.32 Å². The molecule has 0 heterocycles. The Hall–Kier alpha value is -4.56. The second-order valence-corrected chi connectivity index (χ2v) is 9.74. The van der Waals surface area contributed by atoms with Crippen LogP contribution in [0.1, 0.15) is 33.2 Å². The number of hydrogen-bond acceptors (Lipinski definition) is 4. The van der Waals surface area contributed by atoms with E-state index in [1.165, 1.54) is 11.8 Å². The van der Waals surface area contributed by atoms with Crippen LogP contribution in [0.4, 0.5) is 16.2 Å². The largest absolute Gasteiger partial charge is 0.481 e. The van der Waals surface area contributed by atoms with Gasteiger partial charge in [0.05, 0.1) is 6.42 Å². The average Bonchev–Trinajstić information content (AvgIpc) is 2.94. The Morgan fingerprint density at radius 3 is 1.92 bits per heavy atom. The van der Waals surface area contributed by atoms with E-state index in [4.69, 9.17) is 0 Å². The standard InChI is InChI=1S/C30H27N3O4S/c34-28(35)19-27(22-9-5-2-6-10-22)38-26-17-15-24(16-18-26)32-29(36)23-11-13-25(14-12-23)33-30(37)31-20-21-7-3-1-4-8-21/h1-18,27H,19-20H2,(H,32,36)(H,34,35)(H2,31,33,37). The number of thioether (sulfide) groups is 1. The summed E-state index contributed by atoms with van der Waals surface area (Å²) in [6.45, 7) is 0.414. The number of carboxylic acid groups (broad SMARTS) is 1. The quantitative estimate of drug-likeness (QED) is 0.175. The molecule has 0 saturated heterocycles. The first-order valence-electron chi connectivity index (χ1n) is 12.0. The van der Waals surface area contributed by atoms with E-state index in [1.807, 2.05) is 72.8 Å². The van der Waals surface area contributed by atoms with Gasteiger partial charge >= 0.3 is 12.0 Å². The fraction of sp³-hybridized carbons (Fsp3) is 0.100. The molecule has 0 aliphatic rings. The van der Waals surface area contributed by atoms with Crippen molar-refractivity contribution < 1.29 is 19.5 Å². The number of hydrogen-bond donors (Lipinski definition) is 4.